The number of aryl methyl sites for hydroxylation is 1. The van der Waals surface area contributed by atoms with Crippen molar-refractivity contribution in [3.63, 3.8) is 0 Å². The van der Waals surface area contributed by atoms with Crippen molar-refractivity contribution >= 4 is 17.3 Å². The Kier molecular flexibility index (Phi) is 3.33. The third kappa shape index (κ3) is 2.15. The second kappa shape index (κ2) is 5.10. The van der Waals surface area contributed by atoms with Gasteiger partial charge >= 0.3 is 0 Å². The van der Waals surface area contributed by atoms with Crippen molar-refractivity contribution in [3.8, 4) is 11.8 Å². The minimum absolute atomic E-state index is 0.0216. The molecular weight excluding hydrogens is 290 g/mol. The van der Waals surface area contributed by atoms with Crippen LogP contribution in [-0.2, 0) is 10.2 Å². The van der Waals surface area contributed by atoms with E-state index in [1.165, 1.54) is 13.3 Å². The minimum Gasteiger partial charge on any atom is -0.494 e. The highest BCUT2D eigenvalue weighted by molar-refractivity contribution is 6.12. The van der Waals surface area contributed by atoms with E-state index in [1.807, 2.05) is 45.0 Å². The molecule has 1 aromatic heterocycles. The van der Waals surface area contributed by atoms with E-state index >= 15 is 0 Å². The Labute approximate surface area is 135 Å². The van der Waals surface area contributed by atoms with Crippen molar-refractivity contribution in [2.45, 2.75) is 26.2 Å². The first-order valence-electron chi connectivity index (χ1n) is 7.30. The predicted octanol–water partition coefficient (Wildman–Crippen LogP) is 3.23. The number of anilines is 2. The largest absolute Gasteiger partial charge is 0.494 e. The Bertz CT molecular complexity index is 850. The van der Waals surface area contributed by atoms with Gasteiger partial charge < -0.3 is 4.74 Å². The van der Waals surface area contributed by atoms with Gasteiger partial charge in [0.15, 0.2) is 11.4 Å². The number of hydrogen-bond acceptors (Lipinski definition) is 4. The van der Waals surface area contributed by atoms with Gasteiger partial charge in [0, 0.05) is 6.07 Å². The summed E-state index contributed by atoms with van der Waals surface area (Å²) < 4.78 is 5.21. The molecule has 0 radical (unpaired) electrons. The lowest BCUT2D eigenvalue weighted by Gasteiger charge is -2.20. The number of ether oxygens (including phenoxy) is 1. The molecule has 0 saturated carbocycles. The van der Waals surface area contributed by atoms with Crippen molar-refractivity contribution in [1.82, 2.24) is 4.98 Å². The highest BCUT2D eigenvalue weighted by atomic mass is 16.5. The number of methoxy groups -OCH3 is 1. The molecule has 5 nitrogen and oxygen atoms in total. The normalized spacial score (nSPS) is 15.3. The summed E-state index contributed by atoms with van der Waals surface area (Å²) in [4.78, 5) is 18.7. The first-order valence-corrected chi connectivity index (χ1v) is 7.30. The van der Waals surface area contributed by atoms with Crippen LogP contribution in [0, 0.1) is 18.3 Å². The number of carbonyl (C=O) groups is 1. The lowest BCUT2D eigenvalue weighted by Crippen LogP contribution is -2.33. The average Bonchev–Trinajstić information content (AvgIpc) is 2.74. The van der Waals surface area contributed by atoms with Gasteiger partial charge in [-0.15, -0.1) is 0 Å². The maximum Gasteiger partial charge on any atom is 0.241 e. The number of rotatable bonds is 2. The average molecular weight is 307 g/mol. The monoisotopic (exact) mass is 307 g/mol. The van der Waals surface area contributed by atoms with E-state index in [0.29, 0.717) is 11.4 Å². The van der Waals surface area contributed by atoms with Crippen LogP contribution in [0.3, 0.4) is 0 Å². The Morgan fingerprint density at radius 1 is 1.30 bits per heavy atom. The van der Waals surface area contributed by atoms with Gasteiger partial charge in [0.2, 0.25) is 5.91 Å². The fraction of sp³-hybridized carbons (Fsp3) is 0.278. The van der Waals surface area contributed by atoms with E-state index in [1.54, 1.807) is 11.0 Å². The number of amides is 1. The third-order valence-corrected chi connectivity index (χ3v) is 4.23. The minimum atomic E-state index is -0.609. The van der Waals surface area contributed by atoms with Gasteiger partial charge in [-0.25, -0.2) is 4.98 Å². The maximum atomic E-state index is 12.9. The molecule has 1 amide bonds. The summed E-state index contributed by atoms with van der Waals surface area (Å²) in [5.74, 6) is 0.336. The first-order chi connectivity index (χ1) is 10.9. The summed E-state index contributed by atoms with van der Waals surface area (Å²) in [6.07, 6.45) is 1.53. The van der Waals surface area contributed by atoms with Gasteiger partial charge in [0.25, 0.3) is 0 Å². The van der Waals surface area contributed by atoms with Crippen LogP contribution in [0.5, 0.6) is 5.75 Å². The summed E-state index contributed by atoms with van der Waals surface area (Å²) in [6, 6.07) is 9.62. The number of hydrogen-bond donors (Lipinski definition) is 0. The Morgan fingerprint density at radius 2 is 2.04 bits per heavy atom. The predicted molar refractivity (Wildman–Crippen MR) is 86.9 cm³/mol. The van der Waals surface area contributed by atoms with E-state index in [2.05, 4.69) is 4.98 Å². The number of nitriles is 1. The van der Waals surface area contributed by atoms with Crippen molar-refractivity contribution in [1.29, 1.82) is 5.26 Å². The van der Waals surface area contributed by atoms with Gasteiger partial charge in [0.1, 0.15) is 6.07 Å². The molecule has 0 atom stereocenters. The molecule has 0 aliphatic carbocycles. The Morgan fingerprint density at radius 3 is 2.70 bits per heavy atom. The number of carbonyl (C=O) groups excluding carboxylic acids is 1. The molecular formula is C18H17N3O2. The molecule has 0 N–H and O–H groups in total. The molecule has 23 heavy (non-hydrogen) atoms. The fourth-order valence-corrected chi connectivity index (χ4v) is 2.90. The summed E-state index contributed by atoms with van der Waals surface area (Å²) >= 11 is 0. The summed E-state index contributed by atoms with van der Waals surface area (Å²) in [7, 11) is 1.48. The molecule has 0 bridgehead atoms. The van der Waals surface area contributed by atoms with Crippen LogP contribution in [0.25, 0.3) is 0 Å². The fourth-order valence-electron chi connectivity index (χ4n) is 2.90. The van der Waals surface area contributed by atoms with Crippen molar-refractivity contribution in [3.05, 3.63) is 47.3 Å². The first kappa shape index (κ1) is 15.0. The lowest BCUT2D eigenvalue weighted by molar-refractivity contribution is -0.121. The van der Waals surface area contributed by atoms with Crippen LogP contribution >= 0.6 is 0 Å². The third-order valence-electron chi connectivity index (χ3n) is 4.23. The number of fused-ring (bicyclic) bond motifs is 1. The van der Waals surface area contributed by atoms with Gasteiger partial charge in [-0.1, -0.05) is 17.7 Å². The van der Waals surface area contributed by atoms with Gasteiger partial charge in [-0.05, 0) is 32.4 Å². The zero-order chi connectivity index (χ0) is 16.8. The molecule has 1 aliphatic heterocycles. The van der Waals surface area contributed by atoms with Crippen LogP contribution < -0.4 is 9.64 Å². The zero-order valence-electron chi connectivity index (χ0n) is 13.5. The lowest BCUT2D eigenvalue weighted by atomic mass is 9.85. The van der Waals surface area contributed by atoms with Crippen molar-refractivity contribution in [2.75, 3.05) is 12.0 Å². The highest BCUT2D eigenvalue weighted by Gasteiger charge is 2.44. The molecule has 116 valence electrons. The van der Waals surface area contributed by atoms with E-state index in [9.17, 15) is 4.79 Å². The maximum absolute atomic E-state index is 12.9. The number of aromatic nitrogens is 1. The van der Waals surface area contributed by atoms with Crippen LogP contribution in [0.15, 0.2) is 30.5 Å². The SMILES string of the molecule is COc1cc(N2C(=O)C(C)(C)c3cc(C)ccc32)cnc1C#N. The van der Waals surface area contributed by atoms with Crippen LogP contribution in [0.1, 0.15) is 30.7 Å². The molecule has 3 rings (SSSR count). The second-order valence-corrected chi connectivity index (χ2v) is 6.14. The molecule has 2 heterocycles. The van der Waals surface area contributed by atoms with Gasteiger partial charge in [-0.2, -0.15) is 5.26 Å². The number of pyridine rings is 1. The molecule has 5 heteroatoms. The molecule has 0 unspecified atom stereocenters. The number of benzene rings is 1. The van der Waals surface area contributed by atoms with Gasteiger partial charge in [0.05, 0.1) is 30.1 Å². The Balaban J connectivity index is 2.19. The van der Waals surface area contributed by atoms with Crippen LogP contribution in [-0.4, -0.2) is 18.0 Å². The van der Waals surface area contributed by atoms with Crippen LogP contribution in [0.4, 0.5) is 11.4 Å². The molecule has 1 aliphatic rings. The van der Waals surface area contributed by atoms with E-state index in [-0.39, 0.29) is 11.6 Å². The van der Waals surface area contributed by atoms with E-state index in [4.69, 9.17) is 10.00 Å². The zero-order valence-corrected chi connectivity index (χ0v) is 13.5. The summed E-state index contributed by atoms with van der Waals surface area (Å²) in [5, 5.41) is 9.06. The van der Waals surface area contributed by atoms with E-state index < -0.39 is 5.41 Å². The van der Waals surface area contributed by atoms with Crippen molar-refractivity contribution in [2.24, 2.45) is 0 Å². The van der Waals surface area contributed by atoms with Crippen LogP contribution in [0.2, 0.25) is 0 Å². The topological polar surface area (TPSA) is 66.2 Å². The number of nitrogens with zero attached hydrogens (tertiary/aromatic N) is 3. The molecule has 0 spiro atoms. The Hall–Kier alpha value is -2.87. The standard InChI is InChI=1S/C18H17N3O2/c1-11-5-6-15-13(7-11)18(2,3)17(22)21(15)12-8-16(23-4)14(9-19)20-10-12/h5-8,10H,1-4H3. The van der Waals surface area contributed by atoms with Gasteiger partial charge in [-0.3, -0.25) is 9.69 Å². The molecule has 0 saturated heterocycles. The highest BCUT2D eigenvalue weighted by Crippen LogP contribution is 2.46. The van der Waals surface area contributed by atoms with Crippen molar-refractivity contribution < 1.29 is 9.53 Å². The molecule has 0 fully saturated rings. The second-order valence-electron chi connectivity index (χ2n) is 6.14. The quantitative estimate of drug-likeness (QED) is 0.854. The smallest absolute Gasteiger partial charge is 0.241 e. The van der Waals surface area contributed by atoms with E-state index in [0.717, 1.165) is 16.8 Å². The summed E-state index contributed by atoms with van der Waals surface area (Å²) in [5.41, 5.74) is 3.14. The summed E-state index contributed by atoms with van der Waals surface area (Å²) in [6.45, 7) is 5.85. The molecule has 2 aromatic rings. The molecule has 1 aromatic carbocycles.